The number of aromatic nitrogens is 2. The summed E-state index contributed by atoms with van der Waals surface area (Å²) in [6.45, 7) is 5.38. The van der Waals surface area contributed by atoms with E-state index in [-0.39, 0.29) is 17.7 Å². The van der Waals surface area contributed by atoms with Gasteiger partial charge in [0.25, 0.3) is 5.91 Å². The molecule has 0 bridgehead atoms. The summed E-state index contributed by atoms with van der Waals surface area (Å²) >= 11 is 0. The van der Waals surface area contributed by atoms with E-state index in [1.54, 1.807) is 7.11 Å². The van der Waals surface area contributed by atoms with Crippen molar-refractivity contribution in [2.24, 2.45) is 0 Å². The Morgan fingerprint density at radius 1 is 1.32 bits per heavy atom. The normalized spacial score (nSPS) is 19.2. The fourth-order valence-electron chi connectivity index (χ4n) is 3.21. The highest BCUT2D eigenvalue weighted by atomic mass is 16.5. The van der Waals surface area contributed by atoms with Gasteiger partial charge in [-0.1, -0.05) is 49.3 Å². The molecule has 134 valence electrons. The number of nitrogens with zero attached hydrogens (tertiary/aromatic N) is 3. The molecule has 0 spiro atoms. The van der Waals surface area contributed by atoms with Crippen LogP contribution in [-0.4, -0.2) is 41.1 Å². The second-order valence-corrected chi connectivity index (χ2v) is 6.80. The summed E-state index contributed by atoms with van der Waals surface area (Å²) in [5.74, 6) is 1.67. The molecule has 1 saturated heterocycles. The van der Waals surface area contributed by atoms with Crippen molar-refractivity contribution in [1.29, 1.82) is 0 Å². The molecule has 1 aromatic carbocycles. The van der Waals surface area contributed by atoms with E-state index >= 15 is 0 Å². The molecule has 2 atom stereocenters. The third kappa shape index (κ3) is 3.90. The topological polar surface area (TPSA) is 68.5 Å². The first-order chi connectivity index (χ1) is 12.1. The van der Waals surface area contributed by atoms with Crippen LogP contribution in [0, 0.1) is 0 Å². The Morgan fingerprint density at radius 2 is 2.08 bits per heavy atom. The Kier molecular flexibility index (Phi) is 5.48. The number of hydrogen-bond donors (Lipinski definition) is 0. The number of carbonyl (C=O) groups excluding carboxylic acids is 1. The minimum absolute atomic E-state index is 0.00835. The van der Waals surface area contributed by atoms with Gasteiger partial charge < -0.3 is 14.2 Å². The number of piperidine rings is 1. The number of hydrogen-bond acceptors (Lipinski definition) is 5. The average Bonchev–Trinajstić information content (AvgIpc) is 3.14. The van der Waals surface area contributed by atoms with Crippen LogP contribution in [0.4, 0.5) is 0 Å². The molecule has 6 heteroatoms. The van der Waals surface area contributed by atoms with Crippen molar-refractivity contribution >= 4 is 5.91 Å². The Labute approximate surface area is 148 Å². The van der Waals surface area contributed by atoms with Crippen molar-refractivity contribution in [3.8, 4) is 0 Å². The van der Waals surface area contributed by atoms with Crippen molar-refractivity contribution < 1.29 is 14.1 Å². The van der Waals surface area contributed by atoms with Gasteiger partial charge in [-0.3, -0.25) is 4.79 Å². The highest BCUT2D eigenvalue weighted by Crippen LogP contribution is 2.28. The standard InChI is InChI=1S/C19H25N3O3/c1-13(2)18-20-17(21-25-18)15-10-7-11-22(12-15)19(23)16(24-3)14-8-5-4-6-9-14/h4-6,8-9,13,15-16H,7,10-12H2,1-3H3. The first-order valence-electron chi connectivity index (χ1n) is 8.80. The number of likely N-dealkylation sites (tertiary alicyclic amines) is 1. The zero-order valence-corrected chi connectivity index (χ0v) is 15.0. The summed E-state index contributed by atoms with van der Waals surface area (Å²) in [6, 6.07) is 9.60. The maximum Gasteiger partial charge on any atom is 0.256 e. The molecule has 25 heavy (non-hydrogen) atoms. The summed E-state index contributed by atoms with van der Waals surface area (Å²) in [5, 5.41) is 4.12. The van der Waals surface area contributed by atoms with E-state index in [9.17, 15) is 4.79 Å². The van der Waals surface area contributed by atoms with Gasteiger partial charge in [-0.05, 0) is 18.4 Å². The van der Waals surface area contributed by atoms with Gasteiger partial charge in [0.2, 0.25) is 5.89 Å². The summed E-state index contributed by atoms with van der Waals surface area (Å²) in [5.41, 5.74) is 0.874. The monoisotopic (exact) mass is 343 g/mol. The number of methoxy groups -OCH3 is 1. The van der Waals surface area contributed by atoms with E-state index in [0.29, 0.717) is 18.3 Å². The molecule has 0 radical (unpaired) electrons. The zero-order valence-electron chi connectivity index (χ0n) is 15.0. The third-order valence-electron chi connectivity index (χ3n) is 4.61. The molecule has 2 heterocycles. The molecular formula is C19H25N3O3. The van der Waals surface area contributed by atoms with Crippen LogP contribution in [-0.2, 0) is 9.53 Å². The average molecular weight is 343 g/mol. The minimum Gasteiger partial charge on any atom is -0.367 e. The van der Waals surface area contributed by atoms with Crippen molar-refractivity contribution in [1.82, 2.24) is 15.0 Å². The van der Waals surface area contributed by atoms with Crippen LogP contribution < -0.4 is 0 Å². The van der Waals surface area contributed by atoms with Crippen molar-refractivity contribution in [3.63, 3.8) is 0 Å². The van der Waals surface area contributed by atoms with Gasteiger partial charge in [0, 0.05) is 32.0 Å². The summed E-state index contributed by atoms with van der Waals surface area (Å²) in [7, 11) is 1.57. The van der Waals surface area contributed by atoms with E-state index in [0.717, 1.165) is 24.9 Å². The van der Waals surface area contributed by atoms with E-state index in [1.807, 2.05) is 49.1 Å². The smallest absolute Gasteiger partial charge is 0.256 e. The Bertz CT molecular complexity index is 699. The molecule has 0 aliphatic carbocycles. The highest BCUT2D eigenvalue weighted by Gasteiger charge is 2.32. The van der Waals surface area contributed by atoms with Crippen molar-refractivity contribution in [2.75, 3.05) is 20.2 Å². The predicted octanol–water partition coefficient (Wildman–Crippen LogP) is 3.29. The van der Waals surface area contributed by atoms with Gasteiger partial charge in [0.1, 0.15) is 0 Å². The Balaban J connectivity index is 1.72. The number of benzene rings is 1. The fraction of sp³-hybridized carbons (Fsp3) is 0.526. The van der Waals surface area contributed by atoms with Crippen molar-refractivity contribution in [3.05, 3.63) is 47.6 Å². The molecule has 1 fully saturated rings. The van der Waals surface area contributed by atoms with Crippen LogP contribution in [0.1, 0.15) is 61.9 Å². The first kappa shape index (κ1) is 17.6. The molecule has 1 amide bonds. The largest absolute Gasteiger partial charge is 0.367 e. The molecule has 1 aliphatic heterocycles. The molecular weight excluding hydrogens is 318 g/mol. The summed E-state index contributed by atoms with van der Waals surface area (Å²) < 4.78 is 10.8. The van der Waals surface area contributed by atoms with Crippen LogP contribution in [0.15, 0.2) is 34.9 Å². The number of ether oxygens (including phenoxy) is 1. The lowest BCUT2D eigenvalue weighted by Gasteiger charge is -2.33. The summed E-state index contributed by atoms with van der Waals surface area (Å²) in [6.07, 6.45) is 1.31. The van der Waals surface area contributed by atoms with Crippen LogP contribution in [0.3, 0.4) is 0 Å². The van der Waals surface area contributed by atoms with Gasteiger partial charge in [-0.15, -0.1) is 0 Å². The first-order valence-corrected chi connectivity index (χ1v) is 8.80. The maximum atomic E-state index is 13.0. The lowest BCUT2D eigenvalue weighted by Crippen LogP contribution is -2.42. The third-order valence-corrected chi connectivity index (χ3v) is 4.61. The van der Waals surface area contributed by atoms with E-state index in [4.69, 9.17) is 9.26 Å². The fourth-order valence-corrected chi connectivity index (χ4v) is 3.21. The molecule has 2 aromatic rings. The molecule has 1 aromatic heterocycles. The van der Waals surface area contributed by atoms with Gasteiger partial charge >= 0.3 is 0 Å². The molecule has 3 rings (SSSR count). The number of carbonyl (C=O) groups is 1. The minimum atomic E-state index is -0.573. The number of amides is 1. The molecule has 6 nitrogen and oxygen atoms in total. The molecule has 0 saturated carbocycles. The molecule has 1 aliphatic rings. The van der Waals surface area contributed by atoms with E-state index < -0.39 is 6.10 Å². The second-order valence-electron chi connectivity index (χ2n) is 6.80. The van der Waals surface area contributed by atoms with E-state index in [1.165, 1.54) is 0 Å². The van der Waals surface area contributed by atoms with Gasteiger partial charge in [0.15, 0.2) is 11.9 Å². The van der Waals surface area contributed by atoms with Crippen LogP contribution in [0.25, 0.3) is 0 Å². The van der Waals surface area contributed by atoms with Gasteiger partial charge in [-0.2, -0.15) is 4.98 Å². The second kappa shape index (κ2) is 7.78. The van der Waals surface area contributed by atoms with Gasteiger partial charge in [-0.25, -0.2) is 0 Å². The van der Waals surface area contributed by atoms with Crippen LogP contribution in [0.5, 0.6) is 0 Å². The number of rotatable bonds is 5. The molecule has 2 unspecified atom stereocenters. The van der Waals surface area contributed by atoms with Crippen LogP contribution >= 0.6 is 0 Å². The van der Waals surface area contributed by atoms with Crippen LogP contribution in [0.2, 0.25) is 0 Å². The van der Waals surface area contributed by atoms with Gasteiger partial charge in [0.05, 0.1) is 0 Å². The Hall–Kier alpha value is -2.21. The predicted molar refractivity (Wildman–Crippen MR) is 93.1 cm³/mol. The van der Waals surface area contributed by atoms with E-state index in [2.05, 4.69) is 10.1 Å². The SMILES string of the molecule is COC(C(=O)N1CCCC(c2noc(C(C)C)n2)C1)c1ccccc1. The highest BCUT2D eigenvalue weighted by molar-refractivity contribution is 5.82. The molecule has 0 N–H and O–H groups in total. The lowest BCUT2D eigenvalue weighted by atomic mass is 9.96. The maximum absolute atomic E-state index is 13.0. The Morgan fingerprint density at radius 3 is 2.72 bits per heavy atom. The van der Waals surface area contributed by atoms with Crippen molar-refractivity contribution in [2.45, 2.75) is 44.6 Å². The quantitative estimate of drug-likeness (QED) is 0.833. The summed E-state index contributed by atoms with van der Waals surface area (Å²) in [4.78, 5) is 19.3. The lowest BCUT2D eigenvalue weighted by molar-refractivity contribution is -0.143. The zero-order chi connectivity index (χ0) is 17.8.